The summed E-state index contributed by atoms with van der Waals surface area (Å²) in [6.07, 6.45) is 0.896. The van der Waals surface area contributed by atoms with Crippen LogP contribution in [0.4, 0.5) is 0 Å². The Morgan fingerprint density at radius 2 is 1.74 bits per heavy atom. The molecule has 10 nitrogen and oxygen atoms in total. The van der Waals surface area contributed by atoms with E-state index < -0.39 is 36.6 Å². The highest BCUT2D eigenvalue weighted by Crippen LogP contribution is 2.39. The molecule has 0 saturated heterocycles. The fraction of sp³-hybridized carbons (Fsp3) is 0.314. The van der Waals surface area contributed by atoms with Crippen molar-refractivity contribution in [2.24, 2.45) is 5.92 Å². The molecular formula is C35H34N2O8S. The number of benzene rings is 3. The van der Waals surface area contributed by atoms with Crippen LogP contribution in [0.5, 0.6) is 11.5 Å². The molecule has 1 amide bonds. The average molecular weight is 643 g/mol. The Morgan fingerprint density at radius 1 is 0.957 bits per heavy atom. The van der Waals surface area contributed by atoms with Gasteiger partial charge in [-0.2, -0.15) is 0 Å². The highest BCUT2D eigenvalue weighted by Gasteiger charge is 2.33. The van der Waals surface area contributed by atoms with Gasteiger partial charge >= 0.3 is 11.9 Å². The Hall–Kier alpha value is -4.90. The second-order valence-electron chi connectivity index (χ2n) is 11.5. The fourth-order valence-electron chi connectivity index (χ4n) is 6.08. The number of amides is 1. The second-order valence-corrected chi connectivity index (χ2v) is 12.7. The summed E-state index contributed by atoms with van der Waals surface area (Å²) in [5.41, 5.74) is 2.48. The number of nitrogens with zero attached hydrogens (tertiary/aromatic N) is 2. The maximum absolute atomic E-state index is 14.0. The van der Waals surface area contributed by atoms with Gasteiger partial charge in [0.15, 0.2) is 23.0 Å². The molecule has 46 heavy (non-hydrogen) atoms. The minimum atomic E-state index is -1.34. The first-order valence-electron chi connectivity index (χ1n) is 15.2. The van der Waals surface area contributed by atoms with Gasteiger partial charge in [0.05, 0.1) is 18.9 Å². The van der Waals surface area contributed by atoms with Crippen molar-refractivity contribution in [3.8, 4) is 11.5 Å². The molecule has 3 atom stereocenters. The number of aryl methyl sites for hydroxylation is 1. The predicted octanol–water partition coefficient (Wildman–Crippen LogP) is 6.86. The number of oxazole rings is 1. The van der Waals surface area contributed by atoms with Crippen molar-refractivity contribution in [2.45, 2.75) is 57.5 Å². The zero-order chi connectivity index (χ0) is 32.2. The Balaban J connectivity index is 1.31. The molecule has 2 N–H and O–H groups in total. The van der Waals surface area contributed by atoms with Gasteiger partial charge in [-0.25, -0.2) is 4.98 Å². The van der Waals surface area contributed by atoms with Crippen LogP contribution in [0.1, 0.15) is 54.9 Å². The van der Waals surface area contributed by atoms with Crippen LogP contribution in [-0.4, -0.2) is 50.8 Å². The third-order valence-corrected chi connectivity index (χ3v) is 9.56. The van der Waals surface area contributed by atoms with Crippen LogP contribution >= 0.6 is 11.3 Å². The molecule has 3 heterocycles. The molecule has 0 radical (unpaired) electrons. The minimum Gasteiger partial charge on any atom is -0.481 e. The summed E-state index contributed by atoms with van der Waals surface area (Å²) < 4.78 is 18.3. The number of carboxylic acids is 2. The van der Waals surface area contributed by atoms with Crippen LogP contribution in [0.2, 0.25) is 0 Å². The standard InChI is InChI=1S/C35H34N2O8S/c1-21(37(33(38)17-24(35(41)42)18-34(39)40)19-25-15-23-7-2-5-11-31(23)46-25)26(22-13-14-29-30(16-22)44-20-43-29)8-6-12-32-36-27-9-3-4-10-28(27)45-32/h2-5,7,9-11,13-16,21,24,26H,6,8,12,17-20H2,1H3,(H,39,40)(H,41,42)/t21?,24-,26?/m1/s1. The number of carboxylic acid groups (broad SMARTS) is 2. The molecule has 3 aromatic carbocycles. The van der Waals surface area contributed by atoms with Crippen molar-refractivity contribution in [1.82, 2.24) is 9.88 Å². The number of hydrogen-bond acceptors (Lipinski definition) is 8. The van der Waals surface area contributed by atoms with Crippen LogP contribution in [0.3, 0.4) is 0 Å². The van der Waals surface area contributed by atoms with E-state index >= 15 is 0 Å². The second kappa shape index (κ2) is 13.6. The smallest absolute Gasteiger partial charge is 0.307 e. The van der Waals surface area contributed by atoms with Crippen LogP contribution in [0, 0.1) is 5.92 Å². The lowest BCUT2D eigenvalue weighted by molar-refractivity contribution is -0.151. The SMILES string of the molecule is CC(C(CCCc1nc2ccccc2o1)c1ccc2c(c1)OCO2)N(Cc1cc2ccccc2s1)C(=O)C[C@H](CC(=O)O)C(=O)O. The lowest BCUT2D eigenvalue weighted by Gasteiger charge is -2.36. The first-order chi connectivity index (χ1) is 22.2. The highest BCUT2D eigenvalue weighted by atomic mass is 32.1. The summed E-state index contributed by atoms with van der Waals surface area (Å²) in [7, 11) is 0. The minimum absolute atomic E-state index is 0.132. The van der Waals surface area contributed by atoms with Gasteiger partial charge in [0, 0.05) is 34.4 Å². The first-order valence-corrected chi connectivity index (χ1v) is 16.0. The van der Waals surface area contributed by atoms with E-state index in [1.54, 1.807) is 16.2 Å². The molecule has 6 rings (SSSR count). The van der Waals surface area contributed by atoms with E-state index in [4.69, 9.17) is 13.9 Å². The van der Waals surface area contributed by atoms with Crippen LogP contribution in [0.25, 0.3) is 21.2 Å². The average Bonchev–Trinajstić information content (AvgIpc) is 3.78. The largest absolute Gasteiger partial charge is 0.481 e. The Labute approximate surface area is 269 Å². The monoisotopic (exact) mass is 642 g/mol. The lowest BCUT2D eigenvalue weighted by Crippen LogP contribution is -2.43. The highest BCUT2D eigenvalue weighted by molar-refractivity contribution is 7.19. The van der Waals surface area contributed by atoms with Crippen molar-refractivity contribution >= 4 is 50.4 Å². The number of aromatic nitrogens is 1. The van der Waals surface area contributed by atoms with E-state index in [9.17, 15) is 24.6 Å². The van der Waals surface area contributed by atoms with Crippen molar-refractivity contribution in [1.29, 1.82) is 0 Å². The lowest BCUT2D eigenvalue weighted by atomic mass is 9.86. The Morgan fingerprint density at radius 3 is 2.52 bits per heavy atom. The van der Waals surface area contributed by atoms with Crippen molar-refractivity contribution in [2.75, 3.05) is 6.79 Å². The molecular weight excluding hydrogens is 608 g/mol. The molecule has 11 heteroatoms. The van der Waals surface area contributed by atoms with Gasteiger partial charge in [-0.15, -0.1) is 11.3 Å². The summed E-state index contributed by atoms with van der Waals surface area (Å²) in [5, 5.41) is 20.2. The zero-order valence-corrected chi connectivity index (χ0v) is 26.1. The normalized spacial score (nSPS) is 14.3. The topological polar surface area (TPSA) is 139 Å². The third kappa shape index (κ3) is 6.99. The predicted molar refractivity (Wildman–Crippen MR) is 172 cm³/mol. The molecule has 0 bridgehead atoms. The van der Waals surface area contributed by atoms with E-state index in [1.807, 2.05) is 79.7 Å². The van der Waals surface area contributed by atoms with Crippen molar-refractivity contribution in [3.63, 3.8) is 0 Å². The number of thiophene rings is 1. The van der Waals surface area contributed by atoms with Crippen LogP contribution in [-0.2, 0) is 27.3 Å². The van der Waals surface area contributed by atoms with E-state index in [0.717, 1.165) is 31.6 Å². The van der Waals surface area contributed by atoms with E-state index in [1.165, 1.54) is 0 Å². The molecule has 5 aromatic rings. The summed E-state index contributed by atoms with van der Waals surface area (Å²) in [6.45, 7) is 2.35. The number of hydrogen-bond donors (Lipinski definition) is 2. The van der Waals surface area contributed by atoms with Gasteiger partial charge in [0.25, 0.3) is 0 Å². The van der Waals surface area contributed by atoms with Crippen molar-refractivity contribution < 1.29 is 38.5 Å². The maximum Gasteiger partial charge on any atom is 0.307 e. The number of ether oxygens (including phenoxy) is 2. The van der Waals surface area contributed by atoms with Crippen molar-refractivity contribution in [3.05, 3.63) is 89.1 Å². The number of fused-ring (bicyclic) bond motifs is 3. The van der Waals surface area contributed by atoms with Gasteiger partial charge in [0.2, 0.25) is 12.7 Å². The van der Waals surface area contributed by atoms with E-state index in [2.05, 4.69) is 4.98 Å². The van der Waals surface area contributed by atoms with Gasteiger partial charge in [-0.3, -0.25) is 14.4 Å². The molecule has 0 saturated carbocycles. The zero-order valence-electron chi connectivity index (χ0n) is 25.3. The van der Waals surface area contributed by atoms with E-state index in [0.29, 0.717) is 36.7 Å². The molecule has 2 unspecified atom stereocenters. The summed E-state index contributed by atoms with van der Waals surface area (Å²) in [4.78, 5) is 44.7. The van der Waals surface area contributed by atoms with Crippen LogP contribution < -0.4 is 9.47 Å². The molecule has 1 aliphatic heterocycles. The maximum atomic E-state index is 14.0. The summed E-state index contributed by atoms with van der Waals surface area (Å²) in [5.74, 6) is -2.60. The molecule has 0 spiro atoms. The number of carbonyl (C=O) groups excluding carboxylic acids is 1. The number of para-hydroxylation sites is 2. The fourth-order valence-corrected chi connectivity index (χ4v) is 7.14. The number of rotatable bonds is 14. The number of carbonyl (C=O) groups is 3. The number of aliphatic carboxylic acids is 2. The summed E-state index contributed by atoms with van der Waals surface area (Å²) >= 11 is 1.58. The van der Waals surface area contributed by atoms with Gasteiger partial charge in [0.1, 0.15) is 5.52 Å². The molecule has 238 valence electrons. The Kier molecular flexibility index (Phi) is 9.20. The van der Waals surface area contributed by atoms with E-state index in [-0.39, 0.29) is 25.3 Å². The molecule has 2 aromatic heterocycles. The molecule has 1 aliphatic rings. The molecule has 0 fully saturated rings. The quantitative estimate of drug-likeness (QED) is 0.133. The van der Waals surface area contributed by atoms with Crippen LogP contribution in [0.15, 0.2) is 77.2 Å². The summed E-state index contributed by atoms with van der Waals surface area (Å²) in [6, 6.07) is 23.0. The Bertz CT molecular complexity index is 1810. The van der Waals surface area contributed by atoms with Gasteiger partial charge in [-0.05, 0) is 67.1 Å². The molecule has 0 aliphatic carbocycles. The third-order valence-electron chi connectivity index (χ3n) is 8.46. The first kappa shape index (κ1) is 31.1. The van der Waals surface area contributed by atoms with Gasteiger partial charge < -0.3 is 29.0 Å². The van der Waals surface area contributed by atoms with Gasteiger partial charge in [-0.1, -0.05) is 36.4 Å².